The smallest absolute Gasteiger partial charge is 0.257 e. The van der Waals surface area contributed by atoms with Gasteiger partial charge in [0.25, 0.3) is 5.91 Å². The van der Waals surface area contributed by atoms with Crippen molar-refractivity contribution in [3.63, 3.8) is 0 Å². The highest BCUT2D eigenvalue weighted by atomic mass is 16.7. The number of benzene rings is 2. The third-order valence-electron chi connectivity index (χ3n) is 5.63. The standard InChI is InChI=1S/C24H30N2O4/c1-3-25-24(27)15-28-21-8-6-18(19-7-9-22-23(12-19)30-16-29-22)11-20(21)14-26-10-4-5-17(2)13-26/h6-9,11-12,17H,3-5,10,13-16H2,1-2H3,(H,25,27)/t17-/m1/s1. The second kappa shape index (κ2) is 9.39. The molecule has 4 rings (SSSR count). The lowest BCUT2D eigenvalue weighted by Crippen LogP contribution is -2.34. The zero-order valence-corrected chi connectivity index (χ0v) is 17.8. The minimum Gasteiger partial charge on any atom is -0.483 e. The number of amides is 1. The Morgan fingerprint density at radius 2 is 1.97 bits per heavy atom. The van der Waals surface area contributed by atoms with Crippen LogP contribution in [0.25, 0.3) is 11.1 Å². The predicted molar refractivity (Wildman–Crippen MR) is 116 cm³/mol. The first-order chi connectivity index (χ1) is 14.6. The highest BCUT2D eigenvalue weighted by Gasteiger charge is 2.19. The molecular formula is C24H30N2O4. The average Bonchev–Trinajstić information content (AvgIpc) is 3.21. The van der Waals surface area contributed by atoms with Crippen LogP contribution in [0.5, 0.6) is 17.2 Å². The number of nitrogens with zero attached hydrogens (tertiary/aromatic N) is 1. The first-order valence-corrected chi connectivity index (χ1v) is 10.8. The highest BCUT2D eigenvalue weighted by Crippen LogP contribution is 2.37. The van der Waals surface area contributed by atoms with Gasteiger partial charge in [-0.1, -0.05) is 19.1 Å². The molecule has 6 heteroatoms. The number of carbonyl (C=O) groups is 1. The van der Waals surface area contributed by atoms with E-state index in [1.807, 2.05) is 37.3 Å². The maximum atomic E-state index is 11.9. The first-order valence-electron chi connectivity index (χ1n) is 10.8. The van der Waals surface area contributed by atoms with E-state index < -0.39 is 0 Å². The topological polar surface area (TPSA) is 60.0 Å². The molecule has 0 radical (unpaired) electrons. The summed E-state index contributed by atoms with van der Waals surface area (Å²) in [5.41, 5.74) is 3.27. The van der Waals surface area contributed by atoms with E-state index in [4.69, 9.17) is 14.2 Å². The van der Waals surface area contributed by atoms with Gasteiger partial charge >= 0.3 is 0 Å². The first kappa shape index (κ1) is 20.5. The van der Waals surface area contributed by atoms with Gasteiger partial charge in [0.1, 0.15) is 5.75 Å². The Morgan fingerprint density at radius 3 is 2.80 bits per heavy atom. The molecular weight excluding hydrogens is 380 g/mol. The number of piperidine rings is 1. The second-order valence-electron chi connectivity index (χ2n) is 8.12. The molecule has 0 spiro atoms. The van der Waals surface area contributed by atoms with Gasteiger partial charge < -0.3 is 19.5 Å². The summed E-state index contributed by atoms with van der Waals surface area (Å²) >= 11 is 0. The maximum Gasteiger partial charge on any atom is 0.257 e. The molecule has 0 aliphatic carbocycles. The normalized spacial score (nSPS) is 18.3. The Kier molecular flexibility index (Phi) is 6.43. The van der Waals surface area contributed by atoms with Crippen molar-refractivity contribution in [2.24, 2.45) is 5.92 Å². The van der Waals surface area contributed by atoms with Crippen molar-refractivity contribution in [3.8, 4) is 28.4 Å². The Labute approximate surface area is 178 Å². The van der Waals surface area contributed by atoms with Gasteiger partial charge in [-0.25, -0.2) is 0 Å². The summed E-state index contributed by atoms with van der Waals surface area (Å²) in [6, 6.07) is 12.2. The van der Waals surface area contributed by atoms with Crippen LogP contribution in [0.1, 0.15) is 32.3 Å². The lowest BCUT2D eigenvalue weighted by Gasteiger charge is -2.31. The Morgan fingerprint density at radius 1 is 1.17 bits per heavy atom. The second-order valence-corrected chi connectivity index (χ2v) is 8.12. The molecule has 2 aromatic carbocycles. The van der Waals surface area contributed by atoms with E-state index in [0.717, 1.165) is 53.6 Å². The van der Waals surface area contributed by atoms with Gasteiger partial charge in [-0.05, 0) is 67.6 Å². The number of likely N-dealkylation sites (N-methyl/N-ethyl adjacent to an activating group) is 1. The number of likely N-dealkylation sites (tertiary alicyclic amines) is 1. The van der Waals surface area contributed by atoms with Crippen molar-refractivity contribution < 1.29 is 19.0 Å². The largest absolute Gasteiger partial charge is 0.483 e. The van der Waals surface area contributed by atoms with Crippen molar-refractivity contribution in [2.45, 2.75) is 33.2 Å². The number of hydrogen-bond donors (Lipinski definition) is 1. The van der Waals surface area contributed by atoms with Crippen molar-refractivity contribution in [1.82, 2.24) is 10.2 Å². The van der Waals surface area contributed by atoms with Crippen LogP contribution >= 0.6 is 0 Å². The molecule has 1 N–H and O–H groups in total. The molecule has 1 fully saturated rings. The summed E-state index contributed by atoms with van der Waals surface area (Å²) in [7, 11) is 0. The summed E-state index contributed by atoms with van der Waals surface area (Å²) in [5.74, 6) is 2.92. The van der Waals surface area contributed by atoms with Crippen molar-refractivity contribution in [2.75, 3.05) is 33.0 Å². The molecule has 2 aromatic rings. The van der Waals surface area contributed by atoms with E-state index in [2.05, 4.69) is 23.2 Å². The molecule has 1 atom stereocenters. The Balaban J connectivity index is 1.58. The number of hydrogen-bond acceptors (Lipinski definition) is 5. The zero-order chi connectivity index (χ0) is 20.9. The fraction of sp³-hybridized carbons (Fsp3) is 0.458. The molecule has 2 aliphatic rings. The van der Waals surface area contributed by atoms with Crippen LogP contribution < -0.4 is 19.5 Å². The van der Waals surface area contributed by atoms with Gasteiger partial charge in [0, 0.05) is 25.2 Å². The third-order valence-corrected chi connectivity index (χ3v) is 5.63. The van der Waals surface area contributed by atoms with Crippen LogP contribution in [0.4, 0.5) is 0 Å². The van der Waals surface area contributed by atoms with Crippen LogP contribution in [-0.2, 0) is 11.3 Å². The van der Waals surface area contributed by atoms with Gasteiger partial charge in [0.15, 0.2) is 18.1 Å². The summed E-state index contributed by atoms with van der Waals surface area (Å²) in [5, 5.41) is 2.78. The lowest BCUT2D eigenvalue weighted by atomic mass is 9.98. The SMILES string of the molecule is CCNC(=O)COc1ccc(-c2ccc3c(c2)OCO3)cc1CN1CCC[C@@H](C)C1. The Bertz CT molecular complexity index is 899. The Hall–Kier alpha value is -2.73. The molecule has 1 amide bonds. The predicted octanol–water partition coefficient (Wildman–Crippen LogP) is 3.83. The molecule has 30 heavy (non-hydrogen) atoms. The number of nitrogens with one attached hydrogen (secondary N) is 1. The van der Waals surface area contributed by atoms with E-state index in [0.29, 0.717) is 12.5 Å². The third kappa shape index (κ3) is 4.87. The van der Waals surface area contributed by atoms with Gasteiger partial charge in [0.2, 0.25) is 6.79 Å². The van der Waals surface area contributed by atoms with Gasteiger partial charge in [-0.3, -0.25) is 9.69 Å². The molecule has 0 aromatic heterocycles. The summed E-state index contributed by atoms with van der Waals surface area (Å²) in [6.07, 6.45) is 2.51. The van der Waals surface area contributed by atoms with Gasteiger partial charge in [-0.15, -0.1) is 0 Å². The van der Waals surface area contributed by atoms with Crippen LogP contribution in [0.3, 0.4) is 0 Å². The monoisotopic (exact) mass is 410 g/mol. The molecule has 0 saturated carbocycles. The van der Waals surface area contributed by atoms with Crippen LogP contribution in [0.15, 0.2) is 36.4 Å². The minimum absolute atomic E-state index is 0.0284. The van der Waals surface area contributed by atoms with Crippen LogP contribution in [0.2, 0.25) is 0 Å². The summed E-state index contributed by atoms with van der Waals surface area (Å²) < 4.78 is 16.9. The van der Waals surface area contributed by atoms with Gasteiger partial charge in [0.05, 0.1) is 0 Å². The summed E-state index contributed by atoms with van der Waals surface area (Å²) in [6.45, 7) is 8.10. The zero-order valence-electron chi connectivity index (χ0n) is 17.8. The van der Waals surface area contributed by atoms with Crippen molar-refractivity contribution >= 4 is 5.91 Å². The van der Waals surface area contributed by atoms with Crippen LogP contribution in [-0.4, -0.2) is 43.8 Å². The number of fused-ring (bicyclic) bond motifs is 1. The van der Waals surface area contributed by atoms with E-state index in [1.54, 1.807) is 0 Å². The number of carbonyl (C=O) groups excluding carboxylic acids is 1. The fourth-order valence-corrected chi connectivity index (χ4v) is 4.16. The average molecular weight is 411 g/mol. The minimum atomic E-state index is -0.102. The molecule has 1 saturated heterocycles. The number of rotatable bonds is 7. The lowest BCUT2D eigenvalue weighted by molar-refractivity contribution is -0.123. The van der Waals surface area contributed by atoms with E-state index in [9.17, 15) is 4.79 Å². The highest BCUT2D eigenvalue weighted by molar-refractivity contribution is 5.77. The van der Waals surface area contributed by atoms with E-state index in [-0.39, 0.29) is 19.3 Å². The number of ether oxygens (including phenoxy) is 3. The fourth-order valence-electron chi connectivity index (χ4n) is 4.16. The van der Waals surface area contributed by atoms with Crippen molar-refractivity contribution in [1.29, 1.82) is 0 Å². The molecule has 0 unspecified atom stereocenters. The van der Waals surface area contributed by atoms with Crippen LogP contribution in [0, 0.1) is 5.92 Å². The van der Waals surface area contributed by atoms with E-state index in [1.165, 1.54) is 12.8 Å². The molecule has 2 aliphatic heterocycles. The summed E-state index contributed by atoms with van der Waals surface area (Å²) in [4.78, 5) is 14.4. The van der Waals surface area contributed by atoms with Crippen molar-refractivity contribution in [3.05, 3.63) is 42.0 Å². The molecule has 160 valence electrons. The maximum absolute atomic E-state index is 11.9. The quantitative estimate of drug-likeness (QED) is 0.752. The molecule has 0 bridgehead atoms. The molecule has 2 heterocycles. The van der Waals surface area contributed by atoms with E-state index >= 15 is 0 Å². The molecule has 6 nitrogen and oxygen atoms in total. The van der Waals surface area contributed by atoms with Gasteiger partial charge in [-0.2, -0.15) is 0 Å².